The zero-order valence-electron chi connectivity index (χ0n) is 19.1. The molecule has 6 heteroatoms. The molecule has 0 saturated carbocycles. The van der Waals surface area contributed by atoms with E-state index in [4.69, 9.17) is 14.5 Å². The number of nitrogens with zero attached hydrogens (tertiary/aromatic N) is 2. The molecular weight excluding hydrogens is 388 g/mol. The van der Waals surface area contributed by atoms with Crippen molar-refractivity contribution in [3.8, 4) is 11.5 Å². The molecule has 1 unspecified atom stereocenters. The molecule has 3 rings (SSSR count). The van der Waals surface area contributed by atoms with Crippen LogP contribution in [0.2, 0.25) is 0 Å². The summed E-state index contributed by atoms with van der Waals surface area (Å²) in [5.74, 6) is 3.08. The van der Waals surface area contributed by atoms with E-state index in [9.17, 15) is 0 Å². The lowest BCUT2D eigenvalue weighted by molar-refractivity contribution is 0.328. The molecule has 0 amide bonds. The summed E-state index contributed by atoms with van der Waals surface area (Å²) in [5.41, 5.74) is 2.45. The molecule has 1 heterocycles. The van der Waals surface area contributed by atoms with Crippen molar-refractivity contribution in [2.75, 3.05) is 46.9 Å². The van der Waals surface area contributed by atoms with Crippen LogP contribution < -0.4 is 20.1 Å². The summed E-state index contributed by atoms with van der Waals surface area (Å²) in [4.78, 5) is 7.34. The number of guanidine groups is 1. The number of nitrogens with one attached hydrogen (secondary N) is 2. The van der Waals surface area contributed by atoms with Crippen LogP contribution in [0.5, 0.6) is 11.5 Å². The molecule has 31 heavy (non-hydrogen) atoms. The first kappa shape index (κ1) is 22.9. The second kappa shape index (κ2) is 12.2. The summed E-state index contributed by atoms with van der Waals surface area (Å²) < 4.78 is 10.8. The first-order chi connectivity index (χ1) is 15.2. The average molecular weight is 425 g/mol. The van der Waals surface area contributed by atoms with E-state index in [1.165, 1.54) is 18.5 Å². The summed E-state index contributed by atoms with van der Waals surface area (Å²) in [7, 11) is 3.33. The van der Waals surface area contributed by atoms with Crippen LogP contribution in [-0.4, -0.2) is 57.8 Å². The van der Waals surface area contributed by atoms with Gasteiger partial charge < -0.3 is 25.0 Å². The smallest absolute Gasteiger partial charge is 0.191 e. The Labute approximate surface area is 186 Å². The maximum atomic E-state index is 5.49. The van der Waals surface area contributed by atoms with Gasteiger partial charge in [0.15, 0.2) is 5.96 Å². The zero-order chi connectivity index (χ0) is 21.9. The number of likely N-dealkylation sites (tertiary alicyclic amines) is 1. The van der Waals surface area contributed by atoms with Gasteiger partial charge >= 0.3 is 0 Å². The number of benzene rings is 2. The number of rotatable bonds is 10. The molecule has 0 bridgehead atoms. The molecule has 168 valence electrons. The quantitative estimate of drug-likeness (QED) is 0.453. The Morgan fingerprint density at radius 2 is 1.94 bits per heavy atom. The Morgan fingerprint density at radius 1 is 1.10 bits per heavy atom. The normalized spacial score (nSPS) is 16.9. The Bertz CT molecular complexity index is 826. The summed E-state index contributed by atoms with van der Waals surface area (Å²) in [6.07, 6.45) is 2.35. The van der Waals surface area contributed by atoms with Gasteiger partial charge in [-0.3, -0.25) is 0 Å². The maximum absolute atomic E-state index is 5.49. The minimum Gasteiger partial charge on any atom is -0.497 e. The molecule has 2 N–H and O–H groups in total. The highest BCUT2D eigenvalue weighted by molar-refractivity contribution is 5.79. The monoisotopic (exact) mass is 424 g/mol. The highest BCUT2D eigenvalue weighted by Gasteiger charge is 2.22. The lowest BCUT2D eigenvalue weighted by Gasteiger charge is -2.18. The molecule has 2 aromatic rings. The van der Waals surface area contributed by atoms with E-state index in [0.717, 1.165) is 55.6 Å². The Hall–Kier alpha value is -2.73. The van der Waals surface area contributed by atoms with Gasteiger partial charge in [-0.2, -0.15) is 0 Å². The van der Waals surface area contributed by atoms with E-state index >= 15 is 0 Å². The van der Waals surface area contributed by atoms with Crippen LogP contribution in [0, 0.1) is 5.92 Å². The topological polar surface area (TPSA) is 58.1 Å². The first-order valence-electron chi connectivity index (χ1n) is 11.2. The second-order valence-corrected chi connectivity index (χ2v) is 7.94. The lowest BCUT2D eigenvalue weighted by atomic mass is 10.1. The highest BCUT2D eigenvalue weighted by atomic mass is 16.5. The Morgan fingerprint density at radius 3 is 2.68 bits per heavy atom. The van der Waals surface area contributed by atoms with Gasteiger partial charge in [0.05, 0.1) is 20.8 Å². The number of aliphatic imine (C=N–C) groups is 1. The van der Waals surface area contributed by atoms with Crippen molar-refractivity contribution in [2.24, 2.45) is 10.9 Å². The molecule has 1 aliphatic heterocycles. The third-order valence-corrected chi connectivity index (χ3v) is 5.73. The van der Waals surface area contributed by atoms with Gasteiger partial charge in [-0.05, 0) is 49.9 Å². The number of hydrogen-bond donors (Lipinski definition) is 2. The molecule has 6 nitrogen and oxygen atoms in total. The van der Waals surface area contributed by atoms with Gasteiger partial charge in [0.25, 0.3) is 0 Å². The van der Waals surface area contributed by atoms with Gasteiger partial charge in [0.1, 0.15) is 11.5 Å². The Balaban J connectivity index is 1.48. The van der Waals surface area contributed by atoms with Crippen LogP contribution in [0.15, 0.2) is 53.5 Å². The third kappa shape index (κ3) is 7.17. The third-order valence-electron chi connectivity index (χ3n) is 5.73. The van der Waals surface area contributed by atoms with Crippen molar-refractivity contribution >= 4 is 5.96 Å². The van der Waals surface area contributed by atoms with Crippen molar-refractivity contribution < 1.29 is 9.47 Å². The molecule has 0 aromatic heterocycles. The van der Waals surface area contributed by atoms with Crippen LogP contribution in [0.3, 0.4) is 0 Å². The molecule has 1 aliphatic rings. The van der Waals surface area contributed by atoms with Crippen molar-refractivity contribution in [3.63, 3.8) is 0 Å². The minimum atomic E-state index is 0.552. The zero-order valence-corrected chi connectivity index (χ0v) is 19.1. The van der Waals surface area contributed by atoms with Crippen molar-refractivity contribution in [3.05, 3.63) is 59.7 Å². The number of ether oxygens (including phenoxy) is 2. The fraction of sp³-hybridized carbons (Fsp3) is 0.480. The molecular formula is C25H36N4O2. The largest absolute Gasteiger partial charge is 0.497 e. The predicted octanol–water partition coefficient (Wildman–Crippen LogP) is 3.32. The second-order valence-electron chi connectivity index (χ2n) is 7.94. The van der Waals surface area contributed by atoms with E-state index in [2.05, 4.69) is 52.8 Å². The number of hydrogen-bond acceptors (Lipinski definition) is 4. The van der Waals surface area contributed by atoms with E-state index in [0.29, 0.717) is 12.5 Å². The summed E-state index contributed by atoms with van der Waals surface area (Å²) in [6, 6.07) is 16.6. The SMILES string of the molecule is CCNC(=NCc1ccc(OC)cc1OC)NCC1CCN(CCc2ccccc2)C1. The van der Waals surface area contributed by atoms with Crippen molar-refractivity contribution in [2.45, 2.75) is 26.3 Å². The van der Waals surface area contributed by atoms with Gasteiger partial charge in [0, 0.05) is 37.8 Å². The van der Waals surface area contributed by atoms with Crippen LogP contribution in [0.1, 0.15) is 24.5 Å². The van der Waals surface area contributed by atoms with Crippen LogP contribution in [-0.2, 0) is 13.0 Å². The first-order valence-corrected chi connectivity index (χ1v) is 11.2. The molecule has 1 saturated heterocycles. The van der Waals surface area contributed by atoms with Crippen molar-refractivity contribution in [1.82, 2.24) is 15.5 Å². The van der Waals surface area contributed by atoms with Crippen LogP contribution in [0.25, 0.3) is 0 Å². The number of methoxy groups -OCH3 is 2. The van der Waals surface area contributed by atoms with Gasteiger partial charge in [0.2, 0.25) is 0 Å². The average Bonchev–Trinajstić information content (AvgIpc) is 3.28. The molecule has 1 atom stereocenters. The Kier molecular flexibility index (Phi) is 9.03. The van der Waals surface area contributed by atoms with Gasteiger partial charge in [-0.25, -0.2) is 4.99 Å². The standard InChI is InChI=1S/C25H36N4O2/c1-4-26-25(28-18-22-10-11-23(30-2)16-24(22)31-3)27-17-21-13-15-29(19-21)14-12-20-8-6-5-7-9-20/h5-11,16,21H,4,12-15,17-19H2,1-3H3,(H2,26,27,28). The maximum Gasteiger partial charge on any atom is 0.191 e. The summed E-state index contributed by atoms with van der Waals surface area (Å²) >= 11 is 0. The minimum absolute atomic E-state index is 0.552. The van der Waals surface area contributed by atoms with E-state index in [1.54, 1.807) is 14.2 Å². The van der Waals surface area contributed by atoms with Gasteiger partial charge in [-0.15, -0.1) is 0 Å². The van der Waals surface area contributed by atoms with Gasteiger partial charge in [-0.1, -0.05) is 30.3 Å². The molecule has 1 fully saturated rings. The van der Waals surface area contributed by atoms with E-state index < -0.39 is 0 Å². The molecule has 0 radical (unpaired) electrons. The predicted molar refractivity (Wildman–Crippen MR) is 127 cm³/mol. The summed E-state index contributed by atoms with van der Waals surface area (Å²) in [5, 5.41) is 6.89. The fourth-order valence-corrected chi connectivity index (χ4v) is 3.94. The lowest BCUT2D eigenvalue weighted by Crippen LogP contribution is -2.40. The van der Waals surface area contributed by atoms with E-state index in [1.807, 2.05) is 18.2 Å². The van der Waals surface area contributed by atoms with E-state index in [-0.39, 0.29) is 0 Å². The summed E-state index contributed by atoms with van der Waals surface area (Å²) in [6.45, 7) is 7.86. The molecule has 2 aromatic carbocycles. The highest BCUT2D eigenvalue weighted by Crippen LogP contribution is 2.25. The molecule has 0 spiro atoms. The van der Waals surface area contributed by atoms with Crippen molar-refractivity contribution in [1.29, 1.82) is 0 Å². The molecule has 0 aliphatic carbocycles. The fourth-order valence-electron chi connectivity index (χ4n) is 3.94. The van der Waals surface area contributed by atoms with Crippen LogP contribution in [0.4, 0.5) is 0 Å². The van der Waals surface area contributed by atoms with Crippen LogP contribution >= 0.6 is 0 Å².